The summed E-state index contributed by atoms with van der Waals surface area (Å²) in [6.07, 6.45) is 3.49. The van der Waals surface area contributed by atoms with Crippen molar-refractivity contribution < 1.29 is 4.74 Å². The van der Waals surface area contributed by atoms with Gasteiger partial charge in [0.15, 0.2) is 0 Å². The maximum Gasteiger partial charge on any atom is 0.0485 e. The van der Waals surface area contributed by atoms with Gasteiger partial charge in [-0.2, -0.15) is 0 Å². The van der Waals surface area contributed by atoms with Gasteiger partial charge >= 0.3 is 0 Å². The second-order valence-electron chi connectivity index (χ2n) is 6.54. The van der Waals surface area contributed by atoms with Crippen molar-refractivity contribution in [3.8, 4) is 0 Å². The third kappa shape index (κ3) is 3.99. The first-order valence-electron chi connectivity index (χ1n) is 8.06. The third-order valence-corrected chi connectivity index (χ3v) is 4.18. The summed E-state index contributed by atoms with van der Waals surface area (Å²) >= 11 is 0. The molecular weight excluding hydrogens is 246 g/mol. The average molecular weight is 275 g/mol. The van der Waals surface area contributed by atoms with Crippen molar-refractivity contribution >= 4 is 5.69 Å². The molecule has 1 heterocycles. The summed E-state index contributed by atoms with van der Waals surface area (Å²) in [6, 6.07) is 7.48. The summed E-state index contributed by atoms with van der Waals surface area (Å²) in [6.45, 7) is 10.9. The lowest BCUT2D eigenvalue weighted by Gasteiger charge is -2.22. The van der Waals surface area contributed by atoms with Crippen LogP contribution in [0.4, 0.5) is 5.69 Å². The van der Waals surface area contributed by atoms with Crippen LogP contribution >= 0.6 is 0 Å². The molecule has 1 aromatic rings. The van der Waals surface area contributed by atoms with Crippen molar-refractivity contribution in [1.29, 1.82) is 0 Å². The second kappa shape index (κ2) is 7.12. The average Bonchev–Trinajstić information content (AvgIpc) is 2.67. The molecular formula is C18H29NO. The van der Waals surface area contributed by atoms with Crippen LogP contribution in [0, 0.1) is 0 Å². The van der Waals surface area contributed by atoms with Crippen LogP contribution in [0.25, 0.3) is 0 Å². The van der Waals surface area contributed by atoms with E-state index in [-0.39, 0.29) is 0 Å². The first kappa shape index (κ1) is 15.4. The van der Waals surface area contributed by atoms with Gasteiger partial charge in [0.25, 0.3) is 0 Å². The molecule has 1 fully saturated rings. The Morgan fingerprint density at radius 2 is 1.85 bits per heavy atom. The molecule has 2 nitrogen and oxygen atoms in total. The Bertz CT molecular complexity index is 417. The van der Waals surface area contributed by atoms with Crippen LogP contribution in [0.1, 0.15) is 69.9 Å². The lowest BCUT2D eigenvalue weighted by atomic mass is 9.93. The molecule has 1 saturated heterocycles. The van der Waals surface area contributed by atoms with Crippen LogP contribution < -0.4 is 5.32 Å². The molecule has 1 aliphatic rings. The maximum atomic E-state index is 5.55. The van der Waals surface area contributed by atoms with E-state index in [0.29, 0.717) is 17.9 Å². The van der Waals surface area contributed by atoms with Crippen LogP contribution in [-0.4, -0.2) is 19.3 Å². The fourth-order valence-electron chi connectivity index (χ4n) is 2.82. The van der Waals surface area contributed by atoms with E-state index < -0.39 is 0 Å². The first-order chi connectivity index (χ1) is 9.58. The second-order valence-corrected chi connectivity index (χ2v) is 6.54. The molecule has 0 radical (unpaired) electrons. The molecule has 0 amide bonds. The maximum absolute atomic E-state index is 5.55. The molecule has 20 heavy (non-hydrogen) atoms. The molecule has 1 N–H and O–H groups in total. The fraction of sp³-hybridized carbons (Fsp3) is 0.667. The predicted octanol–water partition coefficient (Wildman–Crippen LogP) is 4.91. The molecule has 2 rings (SSSR count). The molecule has 2 heteroatoms. The minimum Gasteiger partial charge on any atom is -0.382 e. The number of ether oxygens (including phenoxy) is 1. The van der Waals surface area contributed by atoms with Gasteiger partial charge in [-0.1, -0.05) is 39.8 Å². The Kier molecular flexibility index (Phi) is 5.47. The van der Waals surface area contributed by atoms with Gasteiger partial charge in [-0.25, -0.2) is 0 Å². The number of nitrogens with one attached hydrogen (secondary N) is 1. The predicted molar refractivity (Wildman–Crippen MR) is 86.7 cm³/mol. The van der Waals surface area contributed by atoms with Crippen molar-refractivity contribution in [3.05, 3.63) is 29.3 Å². The highest BCUT2D eigenvalue weighted by Gasteiger charge is 2.15. The fourth-order valence-corrected chi connectivity index (χ4v) is 2.82. The summed E-state index contributed by atoms with van der Waals surface area (Å²) in [5, 5.41) is 3.76. The van der Waals surface area contributed by atoms with Crippen molar-refractivity contribution in [2.75, 3.05) is 18.5 Å². The summed E-state index contributed by atoms with van der Waals surface area (Å²) in [5.41, 5.74) is 4.20. The van der Waals surface area contributed by atoms with Crippen molar-refractivity contribution in [2.24, 2.45) is 0 Å². The van der Waals surface area contributed by atoms with Gasteiger partial charge in [-0.3, -0.25) is 0 Å². The molecule has 1 unspecified atom stereocenters. The van der Waals surface area contributed by atoms with Crippen LogP contribution in [-0.2, 0) is 4.74 Å². The van der Waals surface area contributed by atoms with E-state index in [4.69, 9.17) is 4.74 Å². The molecule has 112 valence electrons. The zero-order valence-corrected chi connectivity index (χ0v) is 13.4. The highest BCUT2D eigenvalue weighted by Crippen LogP contribution is 2.29. The topological polar surface area (TPSA) is 21.3 Å². The van der Waals surface area contributed by atoms with Gasteiger partial charge in [0.1, 0.15) is 0 Å². The van der Waals surface area contributed by atoms with Crippen LogP contribution in [0.3, 0.4) is 0 Å². The van der Waals surface area contributed by atoms with E-state index in [1.165, 1.54) is 29.7 Å². The molecule has 1 aliphatic heterocycles. The summed E-state index contributed by atoms with van der Waals surface area (Å²) in [5.74, 6) is 1.14. The van der Waals surface area contributed by atoms with E-state index in [0.717, 1.165) is 19.6 Å². The van der Waals surface area contributed by atoms with E-state index >= 15 is 0 Å². The largest absolute Gasteiger partial charge is 0.382 e. The van der Waals surface area contributed by atoms with Gasteiger partial charge in [-0.15, -0.1) is 0 Å². The number of hydrogen-bond acceptors (Lipinski definition) is 2. The van der Waals surface area contributed by atoms with Gasteiger partial charge in [-0.05, 0) is 48.3 Å². The monoisotopic (exact) mass is 275 g/mol. The zero-order valence-electron chi connectivity index (χ0n) is 13.4. The van der Waals surface area contributed by atoms with Crippen LogP contribution in [0.5, 0.6) is 0 Å². The molecule has 1 atom stereocenters. The summed E-state index contributed by atoms with van der Waals surface area (Å²) in [7, 11) is 0. The normalized spacial score (nSPS) is 20.2. The van der Waals surface area contributed by atoms with Crippen molar-refractivity contribution in [2.45, 2.75) is 64.8 Å². The van der Waals surface area contributed by atoms with Crippen LogP contribution in [0.2, 0.25) is 0 Å². The van der Waals surface area contributed by atoms with E-state index in [9.17, 15) is 0 Å². The van der Waals surface area contributed by atoms with E-state index in [1.54, 1.807) is 0 Å². The number of hydrogen-bond donors (Lipinski definition) is 1. The SMILES string of the molecule is CC(C)c1ccc(NC2CCCOCC2)c(C(C)C)c1. The molecule has 0 saturated carbocycles. The third-order valence-electron chi connectivity index (χ3n) is 4.18. The molecule has 0 bridgehead atoms. The summed E-state index contributed by atoms with van der Waals surface area (Å²) in [4.78, 5) is 0. The number of benzene rings is 1. The highest BCUT2D eigenvalue weighted by atomic mass is 16.5. The van der Waals surface area contributed by atoms with Gasteiger partial charge < -0.3 is 10.1 Å². The summed E-state index contributed by atoms with van der Waals surface area (Å²) < 4.78 is 5.55. The van der Waals surface area contributed by atoms with Gasteiger partial charge in [0.2, 0.25) is 0 Å². The Balaban J connectivity index is 2.17. The Hall–Kier alpha value is -1.02. The van der Waals surface area contributed by atoms with Gasteiger partial charge in [0.05, 0.1) is 0 Å². The van der Waals surface area contributed by atoms with E-state index in [1.807, 2.05) is 0 Å². The smallest absolute Gasteiger partial charge is 0.0485 e. The minimum absolute atomic E-state index is 0.554. The minimum atomic E-state index is 0.554. The lowest BCUT2D eigenvalue weighted by Crippen LogP contribution is -2.20. The molecule has 0 spiro atoms. The quantitative estimate of drug-likeness (QED) is 0.842. The molecule has 0 aliphatic carbocycles. The highest BCUT2D eigenvalue weighted by molar-refractivity contribution is 5.55. The standard InChI is InChI=1S/C18H29NO/c1-13(2)15-7-8-18(17(12-15)14(3)4)19-16-6-5-10-20-11-9-16/h7-8,12-14,16,19H,5-6,9-11H2,1-4H3. The Morgan fingerprint density at radius 1 is 1.05 bits per heavy atom. The first-order valence-corrected chi connectivity index (χ1v) is 8.06. The zero-order chi connectivity index (χ0) is 14.5. The molecule has 1 aromatic carbocycles. The van der Waals surface area contributed by atoms with Crippen molar-refractivity contribution in [1.82, 2.24) is 0 Å². The van der Waals surface area contributed by atoms with Gasteiger partial charge in [0, 0.05) is 24.9 Å². The lowest BCUT2D eigenvalue weighted by molar-refractivity contribution is 0.144. The molecule has 0 aromatic heterocycles. The van der Waals surface area contributed by atoms with Crippen molar-refractivity contribution in [3.63, 3.8) is 0 Å². The van der Waals surface area contributed by atoms with Crippen LogP contribution in [0.15, 0.2) is 18.2 Å². The Morgan fingerprint density at radius 3 is 2.55 bits per heavy atom. The Labute approximate surface area is 123 Å². The number of anilines is 1. The van der Waals surface area contributed by atoms with E-state index in [2.05, 4.69) is 51.2 Å². The number of rotatable bonds is 4.